The van der Waals surface area contributed by atoms with E-state index in [9.17, 15) is 0 Å². The summed E-state index contributed by atoms with van der Waals surface area (Å²) in [6.07, 6.45) is 3.44. The van der Waals surface area contributed by atoms with Gasteiger partial charge in [0.1, 0.15) is 0 Å². The van der Waals surface area contributed by atoms with Crippen molar-refractivity contribution >= 4 is 5.96 Å². The van der Waals surface area contributed by atoms with Crippen LogP contribution < -0.4 is 10.6 Å². The molecule has 1 aromatic rings. The minimum atomic E-state index is 0.284. The van der Waals surface area contributed by atoms with Gasteiger partial charge in [0, 0.05) is 39.3 Å². The molecule has 0 aromatic heterocycles. The minimum absolute atomic E-state index is 0.284. The zero-order valence-electron chi connectivity index (χ0n) is 15.2. The van der Waals surface area contributed by atoms with Gasteiger partial charge in [-0.05, 0) is 37.3 Å². The molecule has 134 valence electrons. The van der Waals surface area contributed by atoms with Crippen molar-refractivity contribution in [3.63, 3.8) is 0 Å². The van der Waals surface area contributed by atoms with E-state index in [4.69, 9.17) is 9.47 Å². The van der Waals surface area contributed by atoms with E-state index in [-0.39, 0.29) is 5.41 Å². The number of aryl methyl sites for hydroxylation is 1. The molecule has 1 aliphatic carbocycles. The average molecular weight is 333 g/mol. The predicted molar refractivity (Wildman–Crippen MR) is 98.8 cm³/mol. The molecule has 2 rings (SSSR count). The van der Waals surface area contributed by atoms with Gasteiger partial charge >= 0.3 is 0 Å². The first kappa shape index (κ1) is 18.7. The largest absolute Gasteiger partial charge is 0.382 e. The molecule has 1 aromatic carbocycles. The van der Waals surface area contributed by atoms with Crippen LogP contribution in [0.1, 0.15) is 30.4 Å². The maximum Gasteiger partial charge on any atom is 0.191 e. The van der Waals surface area contributed by atoms with Crippen molar-refractivity contribution in [2.45, 2.75) is 31.6 Å². The summed E-state index contributed by atoms with van der Waals surface area (Å²) in [7, 11) is 3.50. The van der Waals surface area contributed by atoms with Gasteiger partial charge in [-0.2, -0.15) is 0 Å². The molecule has 0 amide bonds. The average Bonchev–Trinajstić information content (AvgIpc) is 3.38. The van der Waals surface area contributed by atoms with Gasteiger partial charge in [-0.1, -0.05) is 24.3 Å². The van der Waals surface area contributed by atoms with Crippen LogP contribution in [0.3, 0.4) is 0 Å². The summed E-state index contributed by atoms with van der Waals surface area (Å²) in [6.45, 7) is 6.03. The normalized spacial score (nSPS) is 16.0. The predicted octanol–water partition coefficient (Wildman–Crippen LogP) is 2.24. The molecule has 1 fully saturated rings. The lowest BCUT2D eigenvalue weighted by Crippen LogP contribution is -2.41. The zero-order chi connectivity index (χ0) is 17.3. The molecule has 24 heavy (non-hydrogen) atoms. The smallest absolute Gasteiger partial charge is 0.191 e. The van der Waals surface area contributed by atoms with E-state index in [1.165, 1.54) is 24.0 Å². The van der Waals surface area contributed by atoms with Crippen LogP contribution in [0.5, 0.6) is 0 Å². The maximum absolute atomic E-state index is 5.46. The van der Waals surface area contributed by atoms with E-state index in [1.54, 1.807) is 7.11 Å². The Morgan fingerprint density at radius 1 is 1.17 bits per heavy atom. The van der Waals surface area contributed by atoms with E-state index >= 15 is 0 Å². The molecule has 0 saturated heterocycles. The maximum atomic E-state index is 5.46. The molecule has 0 heterocycles. The van der Waals surface area contributed by atoms with Crippen molar-refractivity contribution in [2.24, 2.45) is 4.99 Å². The number of benzene rings is 1. The van der Waals surface area contributed by atoms with Gasteiger partial charge in [0.2, 0.25) is 0 Å². The van der Waals surface area contributed by atoms with Gasteiger partial charge in [-0.3, -0.25) is 4.99 Å². The summed E-state index contributed by atoms with van der Waals surface area (Å²) in [5.41, 5.74) is 3.14. The number of aliphatic imine (C=N–C) groups is 1. The fourth-order valence-electron chi connectivity index (χ4n) is 2.96. The van der Waals surface area contributed by atoms with Gasteiger partial charge in [-0.15, -0.1) is 0 Å². The molecular weight excluding hydrogens is 302 g/mol. The third-order valence-corrected chi connectivity index (χ3v) is 4.58. The van der Waals surface area contributed by atoms with Crippen LogP contribution in [0.2, 0.25) is 0 Å². The van der Waals surface area contributed by atoms with E-state index in [0.717, 1.165) is 32.1 Å². The van der Waals surface area contributed by atoms with Gasteiger partial charge in [0.15, 0.2) is 5.96 Å². The third-order valence-electron chi connectivity index (χ3n) is 4.58. The highest BCUT2D eigenvalue weighted by atomic mass is 16.5. The number of nitrogens with zero attached hydrogens (tertiary/aromatic N) is 1. The van der Waals surface area contributed by atoms with Crippen LogP contribution in [0.4, 0.5) is 0 Å². The molecule has 5 heteroatoms. The topological polar surface area (TPSA) is 54.9 Å². The first-order valence-electron chi connectivity index (χ1n) is 8.79. The Morgan fingerprint density at radius 3 is 2.62 bits per heavy atom. The SMILES string of the molecule is CN=C(NCCCOCCOC)NCC1(c2ccccc2C)CC1. The molecule has 2 N–H and O–H groups in total. The lowest BCUT2D eigenvalue weighted by molar-refractivity contribution is 0.0698. The summed E-state index contributed by atoms with van der Waals surface area (Å²) in [4.78, 5) is 4.32. The molecule has 0 radical (unpaired) electrons. The Hall–Kier alpha value is -1.59. The number of guanidine groups is 1. The van der Waals surface area contributed by atoms with Gasteiger partial charge in [0.05, 0.1) is 13.2 Å². The summed E-state index contributed by atoms with van der Waals surface area (Å²) in [5, 5.41) is 6.84. The van der Waals surface area contributed by atoms with Crippen LogP contribution in [-0.4, -0.2) is 53.0 Å². The quantitative estimate of drug-likeness (QED) is 0.392. The van der Waals surface area contributed by atoms with Gasteiger partial charge in [-0.25, -0.2) is 0 Å². The zero-order valence-corrected chi connectivity index (χ0v) is 15.2. The van der Waals surface area contributed by atoms with Crippen LogP contribution in [0.15, 0.2) is 29.3 Å². The van der Waals surface area contributed by atoms with E-state index in [1.807, 2.05) is 7.05 Å². The lowest BCUT2D eigenvalue weighted by Gasteiger charge is -2.20. The van der Waals surface area contributed by atoms with Crippen LogP contribution in [0.25, 0.3) is 0 Å². The van der Waals surface area contributed by atoms with Crippen molar-refractivity contribution < 1.29 is 9.47 Å². The van der Waals surface area contributed by atoms with Crippen molar-refractivity contribution in [1.82, 2.24) is 10.6 Å². The van der Waals surface area contributed by atoms with Crippen LogP contribution in [0, 0.1) is 6.92 Å². The Bertz CT molecular complexity index is 527. The molecule has 5 nitrogen and oxygen atoms in total. The molecule has 0 atom stereocenters. The molecule has 0 bridgehead atoms. The van der Waals surface area contributed by atoms with E-state index in [0.29, 0.717) is 13.2 Å². The Morgan fingerprint density at radius 2 is 1.96 bits per heavy atom. The molecular formula is C19H31N3O2. The second-order valence-corrected chi connectivity index (χ2v) is 6.41. The number of ether oxygens (including phenoxy) is 2. The first-order chi connectivity index (χ1) is 11.7. The molecule has 1 saturated carbocycles. The molecule has 0 aliphatic heterocycles. The molecule has 0 spiro atoms. The highest BCUT2D eigenvalue weighted by Gasteiger charge is 2.44. The second kappa shape index (κ2) is 9.64. The van der Waals surface area contributed by atoms with Crippen LogP contribution in [-0.2, 0) is 14.9 Å². The van der Waals surface area contributed by atoms with Crippen molar-refractivity contribution in [1.29, 1.82) is 0 Å². The third kappa shape index (κ3) is 5.49. The lowest BCUT2D eigenvalue weighted by atomic mass is 9.92. The summed E-state index contributed by atoms with van der Waals surface area (Å²) < 4.78 is 10.4. The Kier molecular flexibility index (Phi) is 7.53. The Labute approximate surface area is 145 Å². The van der Waals surface area contributed by atoms with Crippen molar-refractivity contribution in [3.8, 4) is 0 Å². The van der Waals surface area contributed by atoms with Crippen molar-refractivity contribution in [2.75, 3.05) is 47.1 Å². The number of rotatable bonds is 10. The standard InChI is InChI=1S/C19H31N3O2/c1-16-7-4-5-8-17(16)19(9-10-19)15-22-18(20-2)21-11-6-12-24-14-13-23-3/h4-5,7-8H,6,9-15H2,1-3H3,(H2,20,21,22). The number of nitrogens with one attached hydrogen (secondary N) is 2. The fourth-order valence-corrected chi connectivity index (χ4v) is 2.96. The highest BCUT2D eigenvalue weighted by molar-refractivity contribution is 5.79. The first-order valence-corrected chi connectivity index (χ1v) is 8.79. The summed E-state index contributed by atoms with van der Waals surface area (Å²) in [6, 6.07) is 8.71. The van der Waals surface area contributed by atoms with Gasteiger partial charge < -0.3 is 20.1 Å². The van der Waals surface area contributed by atoms with E-state index in [2.05, 4.69) is 46.8 Å². The van der Waals surface area contributed by atoms with Crippen molar-refractivity contribution in [3.05, 3.63) is 35.4 Å². The number of hydrogen-bond acceptors (Lipinski definition) is 3. The minimum Gasteiger partial charge on any atom is -0.382 e. The number of methoxy groups -OCH3 is 1. The molecule has 0 unspecified atom stereocenters. The molecule has 1 aliphatic rings. The number of hydrogen-bond donors (Lipinski definition) is 2. The summed E-state index contributed by atoms with van der Waals surface area (Å²) >= 11 is 0. The summed E-state index contributed by atoms with van der Waals surface area (Å²) in [5.74, 6) is 0.867. The second-order valence-electron chi connectivity index (χ2n) is 6.41. The monoisotopic (exact) mass is 333 g/mol. The Balaban J connectivity index is 1.69. The fraction of sp³-hybridized carbons (Fsp3) is 0.632. The highest BCUT2D eigenvalue weighted by Crippen LogP contribution is 2.48. The van der Waals surface area contributed by atoms with Crippen LogP contribution >= 0.6 is 0 Å². The van der Waals surface area contributed by atoms with Gasteiger partial charge in [0.25, 0.3) is 0 Å². The van der Waals surface area contributed by atoms with E-state index < -0.39 is 0 Å².